The van der Waals surface area contributed by atoms with Crippen LogP contribution < -0.4 is 0 Å². The predicted molar refractivity (Wildman–Crippen MR) is 57.9 cm³/mol. The Morgan fingerprint density at radius 1 is 1.53 bits per heavy atom. The standard InChI is InChI=1S/C10H10Cl2O3/c1-2-6(11)9-7(12)3-5(10(14)15)4-8(9)13/h2,5H,3-4H2,1H3,(H,14,15)/b6-2-. The number of rotatable bonds is 2. The first-order valence-corrected chi connectivity index (χ1v) is 5.19. The number of carbonyl (C=O) groups excluding carboxylic acids is 1. The van der Waals surface area contributed by atoms with Gasteiger partial charge in [-0.15, -0.1) is 0 Å². The first kappa shape index (κ1) is 12.3. The number of carbonyl (C=O) groups is 2. The molecule has 0 radical (unpaired) electrons. The third-order valence-corrected chi connectivity index (χ3v) is 3.00. The van der Waals surface area contributed by atoms with Gasteiger partial charge < -0.3 is 5.11 Å². The summed E-state index contributed by atoms with van der Waals surface area (Å²) in [5.41, 5.74) is 0.262. The molecule has 0 fully saturated rings. The number of ketones is 1. The zero-order valence-corrected chi connectivity index (χ0v) is 9.60. The zero-order valence-electron chi connectivity index (χ0n) is 8.09. The molecule has 0 saturated heterocycles. The van der Waals surface area contributed by atoms with Gasteiger partial charge in [-0.05, 0) is 13.3 Å². The number of Topliss-reactive ketones (excluding diaryl/α,β-unsaturated/α-hetero) is 1. The van der Waals surface area contributed by atoms with Gasteiger partial charge in [0, 0.05) is 16.5 Å². The fraction of sp³-hybridized carbons (Fsp3) is 0.400. The van der Waals surface area contributed by atoms with Crippen LogP contribution in [0.3, 0.4) is 0 Å². The summed E-state index contributed by atoms with van der Waals surface area (Å²) in [6, 6.07) is 0. The van der Waals surface area contributed by atoms with E-state index < -0.39 is 11.9 Å². The largest absolute Gasteiger partial charge is 0.481 e. The molecule has 0 spiro atoms. The van der Waals surface area contributed by atoms with Crippen LogP contribution in [-0.4, -0.2) is 16.9 Å². The summed E-state index contributed by atoms with van der Waals surface area (Å²) in [6.45, 7) is 1.69. The van der Waals surface area contributed by atoms with E-state index in [1.807, 2.05) is 0 Å². The highest BCUT2D eigenvalue weighted by Gasteiger charge is 2.31. The van der Waals surface area contributed by atoms with E-state index in [0.717, 1.165) is 0 Å². The topological polar surface area (TPSA) is 54.4 Å². The molecule has 0 aromatic heterocycles. The minimum Gasteiger partial charge on any atom is -0.481 e. The van der Waals surface area contributed by atoms with Crippen LogP contribution in [0.1, 0.15) is 19.8 Å². The van der Waals surface area contributed by atoms with Crippen LogP contribution >= 0.6 is 23.2 Å². The Hall–Kier alpha value is -0.800. The van der Waals surface area contributed by atoms with Gasteiger partial charge in [-0.2, -0.15) is 0 Å². The molecule has 0 bridgehead atoms. The maximum absolute atomic E-state index is 11.6. The molecule has 5 heteroatoms. The van der Waals surface area contributed by atoms with Crippen molar-refractivity contribution in [2.24, 2.45) is 5.92 Å². The average molecular weight is 249 g/mol. The molecule has 1 atom stereocenters. The van der Waals surface area contributed by atoms with Crippen molar-refractivity contribution in [1.29, 1.82) is 0 Å². The van der Waals surface area contributed by atoms with Gasteiger partial charge in [-0.3, -0.25) is 9.59 Å². The summed E-state index contributed by atoms with van der Waals surface area (Å²) < 4.78 is 0. The van der Waals surface area contributed by atoms with Crippen molar-refractivity contribution in [2.45, 2.75) is 19.8 Å². The summed E-state index contributed by atoms with van der Waals surface area (Å²) in [5, 5.41) is 9.30. The molecule has 1 aliphatic rings. The lowest BCUT2D eigenvalue weighted by molar-refractivity contribution is -0.143. The Kier molecular flexibility index (Phi) is 3.94. The van der Waals surface area contributed by atoms with Gasteiger partial charge in [0.1, 0.15) is 0 Å². The number of carboxylic acids is 1. The number of hydrogen-bond acceptors (Lipinski definition) is 2. The van der Waals surface area contributed by atoms with Crippen LogP contribution in [0.15, 0.2) is 21.7 Å². The van der Waals surface area contributed by atoms with Crippen LogP contribution in [0.2, 0.25) is 0 Å². The van der Waals surface area contributed by atoms with Gasteiger partial charge in [0.2, 0.25) is 0 Å². The molecule has 1 aliphatic carbocycles. The Balaban J connectivity index is 3.04. The third-order valence-electron chi connectivity index (χ3n) is 2.25. The molecule has 3 nitrogen and oxygen atoms in total. The third kappa shape index (κ3) is 2.61. The molecular weight excluding hydrogens is 239 g/mol. The molecule has 0 aromatic carbocycles. The Bertz CT molecular complexity index is 369. The van der Waals surface area contributed by atoms with Crippen LogP contribution in [-0.2, 0) is 9.59 Å². The van der Waals surface area contributed by atoms with E-state index in [1.54, 1.807) is 13.0 Å². The molecular formula is C10H10Cl2O3. The first-order chi connectivity index (χ1) is 6.97. The summed E-state index contributed by atoms with van der Waals surface area (Å²) in [7, 11) is 0. The van der Waals surface area contributed by atoms with Gasteiger partial charge in [0.05, 0.1) is 11.5 Å². The van der Waals surface area contributed by atoms with Gasteiger partial charge in [0.15, 0.2) is 5.78 Å². The lowest BCUT2D eigenvalue weighted by Gasteiger charge is -2.19. The van der Waals surface area contributed by atoms with Crippen LogP contribution in [0.25, 0.3) is 0 Å². The second-order valence-electron chi connectivity index (χ2n) is 3.28. The molecule has 15 heavy (non-hydrogen) atoms. The predicted octanol–water partition coefficient (Wildman–Crippen LogP) is 2.69. The number of carboxylic acid groups (broad SMARTS) is 1. The monoisotopic (exact) mass is 248 g/mol. The number of halogens is 2. The smallest absolute Gasteiger partial charge is 0.307 e. The summed E-state index contributed by atoms with van der Waals surface area (Å²) in [4.78, 5) is 22.3. The molecule has 0 heterocycles. The maximum atomic E-state index is 11.6. The second-order valence-corrected chi connectivity index (χ2v) is 4.15. The van der Waals surface area contributed by atoms with Gasteiger partial charge in [-0.1, -0.05) is 29.3 Å². The van der Waals surface area contributed by atoms with Crippen molar-refractivity contribution in [3.05, 3.63) is 21.7 Å². The molecule has 1 unspecified atom stereocenters. The van der Waals surface area contributed by atoms with E-state index >= 15 is 0 Å². The SMILES string of the molecule is C/C=C(\Cl)C1=C(Cl)CC(C(=O)O)CC1=O. The second kappa shape index (κ2) is 4.81. The fourth-order valence-electron chi connectivity index (χ4n) is 1.45. The lowest BCUT2D eigenvalue weighted by atomic mass is 9.88. The van der Waals surface area contributed by atoms with Crippen LogP contribution in [0.4, 0.5) is 0 Å². The highest BCUT2D eigenvalue weighted by molar-refractivity contribution is 6.40. The quantitative estimate of drug-likeness (QED) is 0.818. The van der Waals surface area contributed by atoms with Crippen molar-refractivity contribution >= 4 is 35.0 Å². The van der Waals surface area contributed by atoms with E-state index in [9.17, 15) is 9.59 Å². The zero-order chi connectivity index (χ0) is 11.6. The minimum absolute atomic E-state index is 0.0368. The average Bonchev–Trinajstić information content (AvgIpc) is 2.16. The van der Waals surface area contributed by atoms with E-state index in [2.05, 4.69) is 0 Å². The van der Waals surface area contributed by atoms with E-state index in [-0.39, 0.29) is 34.3 Å². The molecule has 0 aromatic rings. The van der Waals surface area contributed by atoms with Crippen molar-refractivity contribution in [3.63, 3.8) is 0 Å². The molecule has 82 valence electrons. The summed E-state index contributed by atoms with van der Waals surface area (Å²) in [6.07, 6.45) is 1.70. The summed E-state index contributed by atoms with van der Waals surface area (Å²) in [5.74, 6) is -2.03. The van der Waals surface area contributed by atoms with Gasteiger partial charge in [0.25, 0.3) is 0 Å². The van der Waals surface area contributed by atoms with Crippen LogP contribution in [0.5, 0.6) is 0 Å². The number of allylic oxidation sites excluding steroid dienone is 4. The minimum atomic E-state index is -1.00. The van der Waals surface area contributed by atoms with Gasteiger partial charge in [-0.25, -0.2) is 0 Å². The molecule has 0 saturated carbocycles. The highest BCUT2D eigenvalue weighted by atomic mass is 35.5. The van der Waals surface area contributed by atoms with Crippen molar-refractivity contribution < 1.29 is 14.7 Å². The Morgan fingerprint density at radius 2 is 2.13 bits per heavy atom. The highest BCUT2D eigenvalue weighted by Crippen LogP contribution is 2.34. The molecule has 0 aliphatic heterocycles. The summed E-state index contributed by atoms with van der Waals surface area (Å²) >= 11 is 11.7. The number of hydrogen-bond donors (Lipinski definition) is 1. The molecule has 1 N–H and O–H groups in total. The maximum Gasteiger partial charge on any atom is 0.307 e. The van der Waals surface area contributed by atoms with Crippen molar-refractivity contribution in [2.75, 3.05) is 0 Å². The van der Waals surface area contributed by atoms with Crippen LogP contribution in [0, 0.1) is 5.92 Å². The van der Waals surface area contributed by atoms with E-state index in [0.29, 0.717) is 0 Å². The van der Waals surface area contributed by atoms with E-state index in [1.165, 1.54) is 0 Å². The molecule has 1 rings (SSSR count). The Morgan fingerprint density at radius 3 is 2.53 bits per heavy atom. The van der Waals surface area contributed by atoms with Crippen molar-refractivity contribution in [3.8, 4) is 0 Å². The number of aliphatic carboxylic acids is 1. The van der Waals surface area contributed by atoms with Crippen molar-refractivity contribution in [1.82, 2.24) is 0 Å². The first-order valence-electron chi connectivity index (χ1n) is 4.44. The lowest BCUT2D eigenvalue weighted by Crippen LogP contribution is -2.24. The Labute approximate surface area is 97.4 Å². The van der Waals surface area contributed by atoms with Gasteiger partial charge >= 0.3 is 5.97 Å². The normalized spacial score (nSPS) is 23.3. The molecule has 0 amide bonds. The fourth-order valence-corrected chi connectivity index (χ4v) is 2.11. The van der Waals surface area contributed by atoms with E-state index in [4.69, 9.17) is 28.3 Å².